The van der Waals surface area contributed by atoms with Crippen molar-refractivity contribution >= 4 is 51.0 Å². The first-order valence-electron chi connectivity index (χ1n) is 9.91. The van der Waals surface area contributed by atoms with Gasteiger partial charge in [-0.25, -0.2) is 4.98 Å². The minimum absolute atomic E-state index is 0.253. The van der Waals surface area contributed by atoms with Crippen molar-refractivity contribution in [3.8, 4) is 11.8 Å². The normalized spacial score (nSPS) is 15.4. The summed E-state index contributed by atoms with van der Waals surface area (Å²) < 4.78 is 0. The van der Waals surface area contributed by atoms with Gasteiger partial charge < -0.3 is 5.73 Å². The highest BCUT2D eigenvalue weighted by Gasteiger charge is 2.32. The number of halogens is 1. The number of nitrogens with one attached hydrogen (secondary N) is 2. The van der Waals surface area contributed by atoms with E-state index in [1.807, 2.05) is 38.1 Å². The van der Waals surface area contributed by atoms with E-state index >= 15 is 0 Å². The predicted molar refractivity (Wildman–Crippen MR) is 134 cm³/mol. The van der Waals surface area contributed by atoms with Gasteiger partial charge in [-0.1, -0.05) is 23.7 Å². The van der Waals surface area contributed by atoms with Crippen molar-refractivity contribution in [2.75, 3.05) is 10.6 Å². The van der Waals surface area contributed by atoms with Crippen molar-refractivity contribution in [3.05, 3.63) is 74.9 Å². The van der Waals surface area contributed by atoms with Crippen LogP contribution in [0.2, 0.25) is 5.02 Å². The van der Waals surface area contributed by atoms with E-state index in [0.29, 0.717) is 16.4 Å². The third-order valence-electron chi connectivity index (χ3n) is 5.07. The van der Waals surface area contributed by atoms with Gasteiger partial charge in [0.15, 0.2) is 0 Å². The van der Waals surface area contributed by atoms with E-state index in [1.165, 1.54) is 11.3 Å². The number of hydrogen-bond acceptors (Lipinski definition) is 6. The zero-order valence-corrected chi connectivity index (χ0v) is 19.4. The lowest BCUT2D eigenvalue weighted by molar-refractivity contribution is 0.951. The largest absolute Gasteiger partial charge is 0.397 e. The second-order valence-corrected chi connectivity index (χ2v) is 8.87. The number of benzene rings is 1. The van der Waals surface area contributed by atoms with E-state index in [1.54, 1.807) is 30.2 Å². The number of pyridine rings is 1. The standard InChI is InChI=1S/C24H21ClN6S/c1-13-20(11-10-19-9-8-18(27)12-29-19)32-24-21(13)22(16-4-6-17(25)7-5-16)30-14(2)23(28)31(24)15(3)26/h4-9,12,14,26,28H,27H2,1-3H3/t14-/m0/s1. The molecule has 32 heavy (non-hydrogen) atoms. The Balaban J connectivity index is 1.92. The monoisotopic (exact) mass is 460 g/mol. The molecule has 1 atom stereocenters. The lowest BCUT2D eigenvalue weighted by atomic mass is 9.99. The van der Waals surface area contributed by atoms with Gasteiger partial charge >= 0.3 is 0 Å². The highest BCUT2D eigenvalue weighted by Crippen LogP contribution is 2.40. The number of nitrogens with two attached hydrogens (primary N) is 1. The lowest BCUT2D eigenvalue weighted by Gasteiger charge is -2.23. The second kappa shape index (κ2) is 8.58. The molecule has 1 aliphatic rings. The van der Waals surface area contributed by atoms with Crippen LogP contribution in [-0.4, -0.2) is 28.4 Å². The van der Waals surface area contributed by atoms with Gasteiger partial charge in [-0.15, -0.1) is 11.3 Å². The molecule has 0 saturated carbocycles. The van der Waals surface area contributed by atoms with Crippen LogP contribution >= 0.6 is 22.9 Å². The van der Waals surface area contributed by atoms with Gasteiger partial charge in [0.2, 0.25) is 0 Å². The van der Waals surface area contributed by atoms with Crippen molar-refractivity contribution in [2.24, 2.45) is 4.99 Å². The van der Waals surface area contributed by atoms with Gasteiger partial charge in [-0.3, -0.25) is 20.7 Å². The molecule has 4 rings (SSSR count). The minimum atomic E-state index is -0.409. The first kappa shape index (κ1) is 21.8. The Hall–Kier alpha value is -3.47. The Kier molecular flexibility index (Phi) is 5.83. The molecule has 3 heterocycles. The molecular weight excluding hydrogens is 440 g/mol. The molecule has 8 heteroatoms. The lowest BCUT2D eigenvalue weighted by Crippen LogP contribution is -2.38. The van der Waals surface area contributed by atoms with Crippen LogP contribution in [-0.2, 0) is 0 Å². The molecule has 1 aromatic carbocycles. The van der Waals surface area contributed by atoms with Gasteiger partial charge in [0.25, 0.3) is 0 Å². The van der Waals surface area contributed by atoms with Gasteiger partial charge in [-0.05, 0) is 62.4 Å². The number of anilines is 2. The van der Waals surface area contributed by atoms with Gasteiger partial charge in [-0.2, -0.15) is 0 Å². The Bertz CT molecular complexity index is 1310. The maximum absolute atomic E-state index is 8.68. The topological polar surface area (TPSA) is 102 Å². The summed E-state index contributed by atoms with van der Waals surface area (Å²) in [5.41, 5.74) is 10.4. The molecule has 160 valence electrons. The first-order chi connectivity index (χ1) is 15.3. The molecule has 4 N–H and O–H groups in total. The molecular formula is C24H21ClN6S. The molecule has 2 aromatic heterocycles. The SMILES string of the molecule is CC(=N)N1C(=N)[C@H](C)N=C(c2ccc(Cl)cc2)c2c1sc(C#Cc1ccc(N)cn1)c2C. The molecule has 6 nitrogen and oxygen atoms in total. The fourth-order valence-electron chi connectivity index (χ4n) is 3.43. The summed E-state index contributed by atoms with van der Waals surface area (Å²) in [5.74, 6) is 6.82. The zero-order chi connectivity index (χ0) is 23.0. The highest BCUT2D eigenvalue weighted by atomic mass is 35.5. The van der Waals surface area contributed by atoms with Crippen LogP contribution in [0.3, 0.4) is 0 Å². The second-order valence-electron chi connectivity index (χ2n) is 7.43. The number of aromatic nitrogens is 1. The quantitative estimate of drug-likeness (QED) is 0.267. The van der Waals surface area contributed by atoms with Gasteiger partial charge in [0.05, 0.1) is 22.5 Å². The van der Waals surface area contributed by atoms with Gasteiger partial charge in [0, 0.05) is 16.1 Å². The van der Waals surface area contributed by atoms with Crippen molar-refractivity contribution in [3.63, 3.8) is 0 Å². The van der Waals surface area contributed by atoms with E-state index in [9.17, 15) is 0 Å². The Morgan fingerprint density at radius 2 is 1.91 bits per heavy atom. The average molecular weight is 461 g/mol. The van der Waals surface area contributed by atoms with E-state index in [0.717, 1.165) is 32.3 Å². The number of aliphatic imine (C=N–C) groups is 1. The van der Waals surface area contributed by atoms with Crippen molar-refractivity contribution < 1.29 is 0 Å². The molecule has 0 amide bonds. The number of fused-ring (bicyclic) bond motifs is 1. The third-order valence-corrected chi connectivity index (χ3v) is 6.52. The maximum atomic E-state index is 8.68. The number of hydrogen-bond donors (Lipinski definition) is 3. The molecule has 0 unspecified atom stereocenters. The molecule has 1 aliphatic heterocycles. The van der Waals surface area contributed by atoms with Crippen LogP contribution in [0.1, 0.15) is 41.1 Å². The van der Waals surface area contributed by atoms with Crippen LogP contribution in [0.25, 0.3) is 0 Å². The molecule has 0 radical (unpaired) electrons. The predicted octanol–water partition coefficient (Wildman–Crippen LogP) is 5.11. The number of amidine groups is 2. The number of nitrogens with zero attached hydrogens (tertiary/aromatic N) is 3. The summed E-state index contributed by atoms with van der Waals surface area (Å²) in [6.45, 7) is 5.54. The summed E-state index contributed by atoms with van der Waals surface area (Å²) >= 11 is 7.56. The molecule has 0 bridgehead atoms. The number of rotatable bonds is 1. The first-order valence-corrected chi connectivity index (χ1v) is 11.1. The van der Waals surface area contributed by atoms with Crippen LogP contribution in [0.15, 0.2) is 47.6 Å². The summed E-state index contributed by atoms with van der Waals surface area (Å²) in [6.07, 6.45) is 1.58. The molecule has 3 aromatic rings. The average Bonchev–Trinajstić information content (AvgIpc) is 3.01. The summed E-state index contributed by atoms with van der Waals surface area (Å²) in [5, 5.41) is 18.4. The third kappa shape index (κ3) is 4.03. The summed E-state index contributed by atoms with van der Waals surface area (Å²) in [6, 6.07) is 10.6. The van der Waals surface area contributed by atoms with Gasteiger partial charge in [0.1, 0.15) is 28.4 Å². The van der Waals surface area contributed by atoms with Crippen LogP contribution in [0, 0.1) is 29.6 Å². The van der Waals surface area contributed by atoms with E-state index < -0.39 is 6.04 Å². The smallest absolute Gasteiger partial charge is 0.132 e. The summed E-state index contributed by atoms with van der Waals surface area (Å²) in [7, 11) is 0. The molecule has 0 aliphatic carbocycles. The Labute approximate surface area is 195 Å². The zero-order valence-electron chi connectivity index (χ0n) is 17.8. The van der Waals surface area contributed by atoms with E-state index in [-0.39, 0.29) is 11.7 Å². The van der Waals surface area contributed by atoms with E-state index in [2.05, 4.69) is 16.8 Å². The van der Waals surface area contributed by atoms with E-state index in [4.69, 9.17) is 33.1 Å². The van der Waals surface area contributed by atoms with Crippen molar-refractivity contribution in [2.45, 2.75) is 26.8 Å². The van der Waals surface area contributed by atoms with Crippen LogP contribution < -0.4 is 10.6 Å². The Morgan fingerprint density at radius 1 is 1.19 bits per heavy atom. The minimum Gasteiger partial charge on any atom is -0.397 e. The number of nitrogen functional groups attached to an aromatic ring is 1. The molecule has 0 spiro atoms. The maximum Gasteiger partial charge on any atom is 0.132 e. The van der Waals surface area contributed by atoms with Crippen LogP contribution in [0.5, 0.6) is 0 Å². The fourth-order valence-corrected chi connectivity index (χ4v) is 4.78. The fraction of sp³-hybridized carbons (Fsp3) is 0.167. The number of thiophene rings is 1. The van der Waals surface area contributed by atoms with Crippen molar-refractivity contribution in [1.29, 1.82) is 10.8 Å². The molecule has 0 fully saturated rings. The highest BCUT2D eigenvalue weighted by molar-refractivity contribution is 7.17. The summed E-state index contributed by atoms with van der Waals surface area (Å²) in [4.78, 5) is 11.6. The van der Waals surface area contributed by atoms with Crippen molar-refractivity contribution in [1.82, 2.24) is 4.98 Å². The van der Waals surface area contributed by atoms with Crippen LogP contribution in [0.4, 0.5) is 10.7 Å². The Morgan fingerprint density at radius 3 is 2.53 bits per heavy atom. The molecule has 0 saturated heterocycles.